The van der Waals surface area contributed by atoms with Gasteiger partial charge in [0.05, 0.1) is 12.1 Å². The second-order valence-electron chi connectivity index (χ2n) is 8.74. The fourth-order valence-corrected chi connectivity index (χ4v) is 3.46. The molecule has 6 heteroatoms. The van der Waals surface area contributed by atoms with Crippen LogP contribution in [0.25, 0.3) is 11.1 Å². The van der Waals surface area contributed by atoms with Gasteiger partial charge >= 0.3 is 5.97 Å². The molecular formula is C25H29N3O3. The first-order valence-corrected chi connectivity index (χ1v) is 10.6. The molecule has 0 aliphatic carbocycles. The lowest BCUT2D eigenvalue weighted by Gasteiger charge is -2.18. The van der Waals surface area contributed by atoms with Crippen molar-refractivity contribution >= 4 is 11.8 Å². The largest absolute Gasteiger partial charge is 0.478 e. The highest BCUT2D eigenvalue weighted by Gasteiger charge is 2.25. The van der Waals surface area contributed by atoms with Crippen molar-refractivity contribution in [3.05, 3.63) is 71.3 Å². The van der Waals surface area contributed by atoms with Crippen molar-refractivity contribution in [2.45, 2.75) is 58.9 Å². The summed E-state index contributed by atoms with van der Waals surface area (Å²) in [5.41, 5.74) is 2.54. The Morgan fingerprint density at radius 3 is 2.32 bits per heavy atom. The maximum absolute atomic E-state index is 12.5. The van der Waals surface area contributed by atoms with Crippen molar-refractivity contribution in [1.82, 2.24) is 14.8 Å². The lowest BCUT2D eigenvalue weighted by Crippen LogP contribution is -2.20. The number of hydrogen-bond donors (Lipinski definition) is 1. The van der Waals surface area contributed by atoms with E-state index in [2.05, 4.69) is 37.8 Å². The summed E-state index contributed by atoms with van der Waals surface area (Å²) in [4.78, 5) is 28.5. The van der Waals surface area contributed by atoms with E-state index in [4.69, 9.17) is 0 Å². The Balaban J connectivity index is 1.88. The Hall–Kier alpha value is -3.28. The van der Waals surface area contributed by atoms with E-state index in [0.717, 1.165) is 29.8 Å². The number of unbranched alkanes of at least 4 members (excludes halogenated alkanes) is 1. The summed E-state index contributed by atoms with van der Waals surface area (Å²) in [5, 5.41) is 14.0. The van der Waals surface area contributed by atoms with E-state index in [1.165, 1.54) is 0 Å². The number of nitrogens with zero attached hydrogens (tertiary/aromatic N) is 3. The van der Waals surface area contributed by atoms with E-state index < -0.39 is 5.97 Å². The number of carboxylic acid groups (broad SMARTS) is 1. The van der Waals surface area contributed by atoms with Crippen molar-refractivity contribution in [2.75, 3.05) is 0 Å². The molecule has 1 N–H and O–H groups in total. The molecule has 0 bridgehead atoms. The van der Waals surface area contributed by atoms with Gasteiger partial charge in [0.15, 0.2) is 0 Å². The van der Waals surface area contributed by atoms with Crippen molar-refractivity contribution in [1.29, 1.82) is 0 Å². The molecule has 0 amide bonds. The molecule has 0 spiro atoms. The first-order valence-electron chi connectivity index (χ1n) is 10.6. The van der Waals surface area contributed by atoms with Gasteiger partial charge in [-0.1, -0.05) is 76.6 Å². The molecule has 6 nitrogen and oxygen atoms in total. The second-order valence-corrected chi connectivity index (χ2v) is 8.74. The number of Topliss-reactive ketones (excluding diaryl/α,β-unsaturated/α-hetero) is 1. The smallest absolute Gasteiger partial charge is 0.336 e. The summed E-state index contributed by atoms with van der Waals surface area (Å²) in [5.74, 6) is 0.0853. The first kappa shape index (κ1) is 22.4. The minimum absolute atomic E-state index is 0.0216. The van der Waals surface area contributed by atoms with Gasteiger partial charge in [-0.3, -0.25) is 4.79 Å². The molecule has 0 fully saturated rings. The van der Waals surface area contributed by atoms with Gasteiger partial charge in [-0.15, -0.1) is 5.10 Å². The fraction of sp³-hybridized carbons (Fsp3) is 0.360. The van der Waals surface area contributed by atoms with Crippen molar-refractivity contribution in [3.63, 3.8) is 0 Å². The molecule has 0 atom stereocenters. The molecule has 3 rings (SSSR count). The number of aromatic nitrogens is 3. The third-order valence-corrected chi connectivity index (χ3v) is 5.10. The number of ketones is 1. The molecule has 0 unspecified atom stereocenters. The summed E-state index contributed by atoms with van der Waals surface area (Å²) >= 11 is 0. The van der Waals surface area contributed by atoms with Crippen LogP contribution in [0.5, 0.6) is 0 Å². The van der Waals surface area contributed by atoms with Gasteiger partial charge in [0.25, 0.3) is 0 Å². The number of benzene rings is 2. The molecule has 2 aromatic carbocycles. The quantitative estimate of drug-likeness (QED) is 0.497. The Kier molecular flexibility index (Phi) is 6.68. The average molecular weight is 420 g/mol. The number of carbonyl (C=O) groups is 2. The van der Waals surface area contributed by atoms with Crippen LogP contribution in [0.15, 0.2) is 48.5 Å². The topological polar surface area (TPSA) is 85.1 Å². The molecule has 1 aromatic heterocycles. The minimum Gasteiger partial charge on any atom is -0.478 e. The summed E-state index contributed by atoms with van der Waals surface area (Å²) in [7, 11) is 0. The minimum atomic E-state index is -0.947. The van der Waals surface area contributed by atoms with E-state index in [1.807, 2.05) is 36.4 Å². The predicted molar refractivity (Wildman–Crippen MR) is 121 cm³/mol. The van der Waals surface area contributed by atoms with Crippen molar-refractivity contribution in [2.24, 2.45) is 0 Å². The molecule has 0 aliphatic rings. The van der Waals surface area contributed by atoms with E-state index in [1.54, 1.807) is 16.8 Å². The van der Waals surface area contributed by atoms with Crippen LogP contribution in [-0.4, -0.2) is 31.6 Å². The second kappa shape index (κ2) is 9.25. The third kappa shape index (κ3) is 5.26. The number of aromatic carboxylic acids is 1. The maximum Gasteiger partial charge on any atom is 0.336 e. The van der Waals surface area contributed by atoms with Gasteiger partial charge in [0.2, 0.25) is 11.6 Å². The zero-order chi connectivity index (χ0) is 22.6. The summed E-state index contributed by atoms with van der Waals surface area (Å²) in [6.45, 7) is 8.71. The van der Waals surface area contributed by atoms with Crippen LogP contribution in [0.1, 0.15) is 79.3 Å². The van der Waals surface area contributed by atoms with Crippen molar-refractivity contribution < 1.29 is 14.7 Å². The Morgan fingerprint density at radius 2 is 1.71 bits per heavy atom. The molecule has 162 valence electrons. The molecule has 31 heavy (non-hydrogen) atoms. The molecule has 0 saturated heterocycles. The van der Waals surface area contributed by atoms with Gasteiger partial charge in [-0.05, 0) is 29.2 Å². The number of rotatable bonds is 8. The molecule has 1 heterocycles. The molecule has 3 aromatic rings. The summed E-state index contributed by atoms with van der Waals surface area (Å²) in [6, 6.07) is 14.7. The lowest BCUT2D eigenvalue weighted by molar-refractivity contribution is 0.0697. The van der Waals surface area contributed by atoms with Gasteiger partial charge in [0.1, 0.15) is 5.82 Å². The van der Waals surface area contributed by atoms with Crippen LogP contribution in [0.3, 0.4) is 0 Å². The monoisotopic (exact) mass is 419 g/mol. The van der Waals surface area contributed by atoms with Gasteiger partial charge in [0, 0.05) is 11.8 Å². The highest BCUT2D eigenvalue weighted by atomic mass is 16.4. The van der Waals surface area contributed by atoms with E-state index in [-0.39, 0.29) is 22.6 Å². The third-order valence-electron chi connectivity index (χ3n) is 5.10. The summed E-state index contributed by atoms with van der Waals surface area (Å²) < 4.78 is 1.80. The van der Waals surface area contributed by atoms with Crippen LogP contribution in [-0.2, 0) is 12.0 Å². The van der Waals surface area contributed by atoms with Gasteiger partial charge < -0.3 is 5.11 Å². The molecule has 0 radical (unpaired) electrons. The fourth-order valence-electron chi connectivity index (χ4n) is 3.46. The molecular weight excluding hydrogens is 390 g/mol. The zero-order valence-electron chi connectivity index (χ0n) is 18.6. The average Bonchev–Trinajstić information content (AvgIpc) is 3.17. The van der Waals surface area contributed by atoms with Crippen LogP contribution >= 0.6 is 0 Å². The van der Waals surface area contributed by atoms with Crippen molar-refractivity contribution in [3.8, 4) is 11.1 Å². The maximum atomic E-state index is 12.5. The number of carbonyl (C=O) groups excluding carboxylic acids is 1. The lowest BCUT2D eigenvalue weighted by atomic mass is 9.95. The predicted octanol–water partition coefficient (Wildman–Crippen LogP) is 5.36. The van der Waals surface area contributed by atoms with Gasteiger partial charge in [-0.2, -0.15) is 0 Å². The van der Waals surface area contributed by atoms with Crippen LogP contribution in [0.4, 0.5) is 0 Å². The highest BCUT2D eigenvalue weighted by molar-refractivity contribution is 5.96. The van der Waals surface area contributed by atoms with Crippen LogP contribution in [0.2, 0.25) is 0 Å². The normalized spacial score (nSPS) is 11.5. The standard InChI is InChI=1S/C25H29N3O3/c1-5-6-11-21(29)22-26-24(25(2,3)4)28(27-22)16-17-12-14-18(15-13-17)19-9-7-8-10-20(19)23(30)31/h7-10,12-15H,5-6,11,16H2,1-4H3,(H,30,31). The van der Waals surface area contributed by atoms with Crippen LogP contribution < -0.4 is 0 Å². The SMILES string of the molecule is CCCCC(=O)c1nc(C(C)(C)C)n(Cc2ccc(-c3ccccc3C(=O)O)cc2)n1. The van der Waals surface area contributed by atoms with E-state index in [9.17, 15) is 14.7 Å². The van der Waals surface area contributed by atoms with Crippen LogP contribution in [0, 0.1) is 0 Å². The Morgan fingerprint density at radius 1 is 1.03 bits per heavy atom. The molecule has 0 saturated carbocycles. The highest BCUT2D eigenvalue weighted by Crippen LogP contribution is 2.25. The Bertz CT molecular complexity index is 1080. The molecule has 0 aliphatic heterocycles. The Labute approximate surface area is 183 Å². The summed E-state index contributed by atoms with van der Waals surface area (Å²) in [6.07, 6.45) is 2.25. The van der Waals surface area contributed by atoms with Gasteiger partial charge in [-0.25, -0.2) is 14.5 Å². The van der Waals surface area contributed by atoms with E-state index >= 15 is 0 Å². The number of carboxylic acids is 1. The first-order chi connectivity index (χ1) is 14.7. The van der Waals surface area contributed by atoms with E-state index in [0.29, 0.717) is 18.5 Å². The number of hydrogen-bond acceptors (Lipinski definition) is 4. The zero-order valence-corrected chi connectivity index (χ0v) is 18.6.